The lowest BCUT2D eigenvalue weighted by molar-refractivity contribution is -0.121. The first kappa shape index (κ1) is 16.4. The molecule has 1 aromatic carbocycles. The van der Waals surface area contributed by atoms with Gasteiger partial charge < -0.3 is 14.8 Å². The Morgan fingerprint density at radius 2 is 2.25 bits per heavy atom. The van der Waals surface area contributed by atoms with Crippen LogP contribution in [0.5, 0.6) is 5.75 Å². The first-order valence-corrected chi connectivity index (χ1v) is 7.50. The monoisotopic (exact) mass is 337 g/mol. The maximum absolute atomic E-state index is 13.8. The third-order valence-corrected chi connectivity index (χ3v) is 3.81. The highest BCUT2D eigenvalue weighted by molar-refractivity contribution is 5.79. The van der Waals surface area contributed by atoms with Gasteiger partial charge in [0.1, 0.15) is 17.7 Å². The van der Waals surface area contributed by atoms with Crippen molar-refractivity contribution in [3.63, 3.8) is 0 Å². The molecule has 6 nitrogen and oxygen atoms in total. The zero-order chi connectivity index (χ0) is 17.1. The number of aromatic nitrogens is 2. The van der Waals surface area contributed by atoms with Crippen molar-refractivity contribution in [2.24, 2.45) is 0 Å². The Labute approximate surface area is 137 Å². The van der Waals surface area contributed by atoms with Gasteiger partial charge in [0.2, 0.25) is 5.91 Å². The van der Waals surface area contributed by atoms with E-state index >= 15 is 0 Å². The van der Waals surface area contributed by atoms with Crippen molar-refractivity contribution in [2.45, 2.75) is 25.5 Å². The van der Waals surface area contributed by atoms with Crippen LogP contribution in [0.25, 0.3) is 0 Å². The zero-order valence-electron chi connectivity index (χ0n) is 13.0. The van der Waals surface area contributed by atoms with Crippen LogP contribution in [0.4, 0.5) is 8.78 Å². The van der Waals surface area contributed by atoms with Gasteiger partial charge in [-0.3, -0.25) is 9.89 Å². The van der Waals surface area contributed by atoms with Crippen LogP contribution < -0.4 is 10.1 Å². The molecule has 2 N–H and O–H groups in total. The summed E-state index contributed by atoms with van der Waals surface area (Å²) in [6.45, 7) is 2.08. The SMILES string of the molecule is Cc1cc(F)c(CC(=O)N[C@H]2COC[C@H]2Oc2cn[nH]c2)cc1F. The van der Waals surface area contributed by atoms with E-state index in [0.29, 0.717) is 19.0 Å². The molecule has 0 spiro atoms. The number of hydrogen-bond donors (Lipinski definition) is 2. The van der Waals surface area contributed by atoms with Crippen molar-refractivity contribution < 1.29 is 23.0 Å². The van der Waals surface area contributed by atoms with Gasteiger partial charge in [-0.2, -0.15) is 5.10 Å². The quantitative estimate of drug-likeness (QED) is 0.867. The van der Waals surface area contributed by atoms with Crippen molar-refractivity contribution in [2.75, 3.05) is 13.2 Å². The van der Waals surface area contributed by atoms with E-state index in [1.807, 2.05) is 0 Å². The maximum atomic E-state index is 13.8. The lowest BCUT2D eigenvalue weighted by atomic mass is 10.1. The number of H-pyrrole nitrogens is 1. The van der Waals surface area contributed by atoms with E-state index in [9.17, 15) is 13.6 Å². The Morgan fingerprint density at radius 3 is 3.00 bits per heavy atom. The number of rotatable bonds is 5. The molecule has 0 radical (unpaired) electrons. The summed E-state index contributed by atoms with van der Waals surface area (Å²) in [4.78, 5) is 12.1. The van der Waals surface area contributed by atoms with Gasteiger partial charge in [-0.15, -0.1) is 0 Å². The average molecular weight is 337 g/mol. The van der Waals surface area contributed by atoms with E-state index in [1.54, 1.807) is 6.20 Å². The van der Waals surface area contributed by atoms with Crippen molar-refractivity contribution in [3.8, 4) is 5.75 Å². The molecular weight excluding hydrogens is 320 g/mol. The highest BCUT2D eigenvalue weighted by atomic mass is 19.1. The second-order valence-electron chi connectivity index (χ2n) is 5.67. The standard InChI is InChI=1S/C16H17F2N3O3/c1-9-2-13(18)10(3-12(9)17)4-16(22)21-14-7-23-8-15(14)24-11-5-19-20-6-11/h2-3,5-6,14-15H,4,7-8H2,1H3,(H,19,20)(H,21,22)/t14-,15+/m0/s1. The number of ether oxygens (including phenoxy) is 2. The number of aryl methyl sites for hydroxylation is 1. The topological polar surface area (TPSA) is 76.2 Å². The van der Waals surface area contributed by atoms with Crippen LogP contribution in [0.2, 0.25) is 0 Å². The molecule has 2 aromatic rings. The molecule has 1 aliphatic rings. The Bertz CT molecular complexity index is 722. The van der Waals surface area contributed by atoms with Gasteiger partial charge >= 0.3 is 0 Å². The highest BCUT2D eigenvalue weighted by Crippen LogP contribution is 2.17. The second-order valence-corrected chi connectivity index (χ2v) is 5.67. The summed E-state index contributed by atoms with van der Waals surface area (Å²) in [6.07, 6.45) is 2.48. The molecule has 0 unspecified atom stereocenters. The molecule has 1 amide bonds. The number of carbonyl (C=O) groups is 1. The molecule has 1 fully saturated rings. The minimum absolute atomic E-state index is 0.0156. The van der Waals surface area contributed by atoms with Crippen LogP contribution in [0.15, 0.2) is 24.5 Å². The fraction of sp³-hybridized carbons (Fsp3) is 0.375. The summed E-state index contributed by atoms with van der Waals surface area (Å²) in [5.41, 5.74) is 0.219. The average Bonchev–Trinajstić information content (AvgIpc) is 3.18. The summed E-state index contributed by atoms with van der Waals surface area (Å²) in [5, 5.41) is 9.15. The predicted octanol–water partition coefficient (Wildman–Crippen LogP) is 1.50. The van der Waals surface area contributed by atoms with Crippen LogP contribution in [-0.2, 0) is 16.0 Å². The molecule has 8 heteroatoms. The Kier molecular flexibility index (Phi) is 4.75. The molecular formula is C16H17F2N3O3. The number of aromatic amines is 1. The maximum Gasteiger partial charge on any atom is 0.224 e. The van der Waals surface area contributed by atoms with Gasteiger partial charge in [0.15, 0.2) is 5.75 Å². The number of halogens is 2. The fourth-order valence-corrected chi connectivity index (χ4v) is 2.52. The van der Waals surface area contributed by atoms with Gasteiger partial charge in [0.05, 0.1) is 38.1 Å². The van der Waals surface area contributed by atoms with E-state index < -0.39 is 17.5 Å². The van der Waals surface area contributed by atoms with Crippen LogP contribution in [0, 0.1) is 18.6 Å². The smallest absolute Gasteiger partial charge is 0.224 e. The summed E-state index contributed by atoms with van der Waals surface area (Å²) in [6, 6.07) is 1.77. The molecule has 1 aliphatic heterocycles. The van der Waals surface area contributed by atoms with Crippen molar-refractivity contribution >= 4 is 5.91 Å². The van der Waals surface area contributed by atoms with E-state index in [2.05, 4.69) is 15.5 Å². The zero-order valence-corrected chi connectivity index (χ0v) is 13.0. The molecule has 3 rings (SSSR count). The summed E-state index contributed by atoms with van der Waals surface area (Å²) in [5.74, 6) is -1.02. The Balaban J connectivity index is 1.61. The molecule has 1 saturated heterocycles. The van der Waals surface area contributed by atoms with E-state index in [1.165, 1.54) is 13.1 Å². The summed E-state index contributed by atoms with van der Waals surface area (Å²) >= 11 is 0. The highest BCUT2D eigenvalue weighted by Gasteiger charge is 2.31. The van der Waals surface area contributed by atoms with E-state index in [0.717, 1.165) is 12.1 Å². The lowest BCUT2D eigenvalue weighted by Crippen LogP contribution is -2.45. The molecule has 0 aliphatic carbocycles. The van der Waals surface area contributed by atoms with Gasteiger partial charge in [-0.25, -0.2) is 8.78 Å². The third kappa shape index (κ3) is 3.70. The number of benzene rings is 1. The molecule has 128 valence electrons. The van der Waals surface area contributed by atoms with Crippen LogP contribution in [0.3, 0.4) is 0 Å². The van der Waals surface area contributed by atoms with Crippen molar-refractivity contribution in [1.82, 2.24) is 15.5 Å². The molecule has 0 saturated carbocycles. The van der Waals surface area contributed by atoms with Crippen LogP contribution >= 0.6 is 0 Å². The first-order chi connectivity index (χ1) is 11.5. The predicted molar refractivity (Wildman–Crippen MR) is 80.6 cm³/mol. The van der Waals surface area contributed by atoms with Crippen molar-refractivity contribution in [1.29, 1.82) is 0 Å². The molecule has 24 heavy (non-hydrogen) atoms. The second kappa shape index (κ2) is 6.96. The summed E-state index contributed by atoms with van der Waals surface area (Å²) in [7, 11) is 0. The number of hydrogen-bond acceptors (Lipinski definition) is 4. The van der Waals surface area contributed by atoms with Gasteiger partial charge in [-0.1, -0.05) is 0 Å². The Hall–Kier alpha value is -2.48. The number of nitrogens with one attached hydrogen (secondary N) is 2. The Morgan fingerprint density at radius 1 is 1.42 bits per heavy atom. The van der Waals surface area contributed by atoms with Crippen molar-refractivity contribution in [3.05, 3.63) is 47.3 Å². The third-order valence-electron chi connectivity index (χ3n) is 3.81. The lowest BCUT2D eigenvalue weighted by Gasteiger charge is -2.19. The fourth-order valence-electron chi connectivity index (χ4n) is 2.52. The minimum atomic E-state index is -0.599. The first-order valence-electron chi connectivity index (χ1n) is 7.50. The number of amides is 1. The molecule has 2 heterocycles. The van der Waals surface area contributed by atoms with Crippen LogP contribution in [-0.4, -0.2) is 41.5 Å². The largest absolute Gasteiger partial charge is 0.482 e. The van der Waals surface area contributed by atoms with Gasteiger partial charge in [0, 0.05) is 5.56 Å². The number of carbonyl (C=O) groups excluding carboxylic acids is 1. The molecule has 2 atom stereocenters. The van der Waals surface area contributed by atoms with E-state index in [4.69, 9.17) is 9.47 Å². The number of nitrogens with zero attached hydrogens (tertiary/aromatic N) is 1. The van der Waals surface area contributed by atoms with Gasteiger partial charge in [-0.05, 0) is 24.6 Å². The minimum Gasteiger partial charge on any atom is -0.482 e. The summed E-state index contributed by atoms with van der Waals surface area (Å²) < 4.78 is 38.4. The van der Waals surface area contributed by atoms with E-state index in [-0.39, 0.29) is 29.7 Å². The van der Waals surface area contributed by atoms with Crippen LogP contribution in [0.1, 0.15) is 11.1 Å². The van der Waals surface area contributed by atoms with Gasteiger partial charge in [0.25, 0.3) is 0 Å². The molecule has 0 bridgehead atoms. The normalized spacial score (nSPS) is 20.1. The molecule has 1 aromatic heterocycles.